The molecule has 0 aromatic heterocycles. The first-order valence-corrected chi connectivity index (χ1v) is 13.0. The second kappa shape index (κ2) is 5.99. The van der Waals surface area contributed by atoms with Crippen LogP contribution < -0.4 is 0 Å². The van der Waals surface area contributed by atoms with Crippen LogP contribution in [0.5, 0.6) is 0 Å². The van der Waals surface area contributed by atoms with Crippen molar-refractivity contribution in [3.63, 3.8) is 0 Å². The molecule has 1 aromatic carbocycles. The molecule has 7 heteroatoms. The second-order valence-electron chi connectivity index (χ2n) is 13.0. The molecular formula is C28H30F3NO3. The van der Waals surface area contributed by atoms with Crippen molar-refractivity contribution in [3.8, 4) is 0 Å². The third-order valence-electron chi connectivity index (χ3n) is 12.0. The van der Waals surface area contributed by atoms with Crippen molar-refractivity contribution in [3.05, 3.63) is 47.5 Å². The minimum Gasteiger partial charge on any atom is -0.458 e. The van der Waals surface area contributed by atoms with Gasteiger partial charge in [-0.1, -0.05) is 26.0 Å². The van der Waals surface area contributed by atoms with Crippen LogP contribution in [0, 0.1) is 39.9 Å². The second-order valence-corrected chi connectivity index (χ2v) is 13.0. The molecule has 9 aliphatic rings. The van der Waals surface area contributed by atoms with E-state index in [-0.39, 0.29) is 33.6 Å². The standard InChI is InChI=1S/C28H30F3NO3/c1-13-16-10-17-22-26-8-4-7-25(2)12-32(22)18(20(25)26)11-27(17,23(13)33)21(26)19(16)35-24(34)14-5-3-6-15(9-14)28(29,30)31/h3,5-6,9,16-23,33H,1,4,7-8,10-12H2,2H3/t16-,17-,18+,19+,20-,21+,22-,23-,25+,26+,27-/m1/s1. The van der Waals surface area contributed by atoms with Crippen molar-refractivity contribution in [1.29, 1.82) is 0 Å². The van der Waals surface area contributed by atoms with Crippen LogP contribution in [0.2, 0.25) is 0 Å². The van der Waals surface area contributed by atoms with Gasteiger partial charge in [0.2, 0.25) is 0 Å². The average Bonchev–Trinajstić information content (AvgIpc) is 3.24. The van der Waals surface area contributed by atoms with Crippen LogP contribution in [-0.2, 0) is 10.9 Å². The summed E-state index contributed by atoms with van der Waals surface area (Å²) in [5, 5.41) is 11.7. The Morgan fingerprint density at radius 3 is 2.80 bits per heavy atom. The van der Waals surface area contributed by atoms with Gasteiger partial charge < -0.3 is 9.84 Å². The molecular weight excluding hydrogens is 455 g/mol. The van der Waals surface area contributed by atoms with Crippen LogP contribution in [0.25, 0.3) is 0 Å². The van der Waals surface area contributed by atoms with E-state index < -0.39 is 29.9 Å². The van der Waals surface area contributed by atoms with E-state index in [2.05, 4.69) is 18.4 Å². The number of esters is 1. The molecule has 3 aliphatic heterocycles. The summed E-state index contributed by atoms with van der Waals surface area (Å²) < 4.78 is 46.1. The SMILES string of the molecule is C=C1[C@H]2C[C@@H]3[C@H]4N5C[C@]6(C)CCC[C@]47[C@H]([C@H]2OC(=O)c2cccc(C(F)(F)F)c2)[C@]3(C[C@H]5[C@H]67)[C@@H]1O. The van der Waals surface area contributed by atoms with Crippen LogP contribution in [0.15, 0.2) is 36.4 Å². The summed E-state index contributed by atoms with van der Waals surface area (Å²) in [5.41, 5.74) is -0.191. The molecule has 1 aromatic rings. The Bertz CT molecular complexity index is 1200. The average molecular weight is 486 g/mol. The number of alkyl halides is 3. The molecule has 9 bridgehead atoms. The molecule has 12 atom stereocenters. The Hall–Kier alpha value is -1.86. The van der Waals surface area contributed by atoms with Gasteiger partial charge >= 0.3 is 12.1 Å². The summed E-state index contributed by atoms with van der Waals surface area (Å²) in [6, 6.07) is 5.44. The Labute approximate surface area is 202 Å². The molecule has 3 saturated heterocycles. The predicted molar refractivity (Wildman–Crippen MR) is 120 cm³/mol. The number of halogens is 3. The summed E-state index contributed by atoms with van der Waals surface area (Å²) in [6.07, 6.45) is -0.296. The van der Waals surface area contributed by atoms with Crippen LogP contribution in [0.1, 0.15) is 54.9 Å². The Balaban J connectivity index is 1.23. The predicted octanol–water partition coefficient (Wildman–Crippen LogP) is 4.68. The number of carbonyl (C=O) groups is 1. The van der Waals surface area contributed by atoms with Crippen LogP contribution in [0.3, 0.4) is 0 Å². The number of rotatable bonds is 2. The lowest BCUT2D eigenvalue weighted by atomic mass is 9.39. The molecule has 3 heterocycles. The smallest absolute Gasteiger partial charge is 0.416 e. The highest BCUT2D eigenvalue weighted by Crippen LogP contribution is 2.87. The van der Waals surface area contributed by atoms with Gasteiger partial charge in [0, 0.05) is 35.9 Å². The summed E-state index contributed by atoms with van der Waals surface area (Å²) in [5.74, 6) is 0.142. The highest BCUT2D eigenvalue weighted by Gasteiger charge is 2.90. The van der Waals surface area contributed by atoms with Crippen LogP contribution in [0.4, 0.5) is 13.2 Å². The molecule has 1 unspecified atom stereocenters. The minimum atomic E-state index is -4.52. The number of carbonyl (C=O) groups excluding carboxylic acids is 1. The van der Waals surface area contributed by atoms with Crippen molar-refractivity contribution in [2.24, 2.45) is 39.9 Å². The Morgan fingerprint density at radius 1 is 1.23 bits per heavy atom. The normalized spacial score (nSPS) is 54.0. The molecule has 35 heavy (non-hydrogen) atoms. The zero-order valence-electron chi connectivity index (χ0n) is 19.7. The molecule has 6 saturated carbocycles. The topological polar surface area (TPSA) is 49.8 Å². The van der Waals surface area contributed by atoms with E-state index in [9.17, 15) is 23.1 Å². The van der Waals surface area contributed by atoms with Gasteiger partial charge in [-0.2, -0.15) is 13.2 Å². The number of hydrogen-bond donors (Lipinski definition) is 1. The van der Waals surface area contributed by atoms with Gasteiger partial charge in [0.15, 0.2) is 0 Å². The van der Waals surface area contributed by atoms with Gasteiger partial charge in [0.1, 0.15) is 6.10 Å². The molecule has 186 valence electrons. The molecule has 2 spiro atoms. The highest BCUT2D eigenvalue weighted by atomic mass is 19.4. The number of nitrogens with zero attached hydrogens (tertiary/aromatic N) is 1. The zero-order valence-corrected chi connectivity index (χ0v) is 19.7. The lowest BCUT2D eigenvalue weighted by Crippen LogP contribution is -2.69. The lowest BCUT2D eigenvalue weighted by Gasteiger charge is -2.66. The number of fused-ring (bicyclic) bond motifs is 1. The molecule has 6 aliphatic carbocycles. The van der Waals surface area contributed by atoms with Gasteiger partial charge in [0.25, 0.3) is 0 Å². The van der Waals surface area contributed by atoms with Crippen LogP contribution >= 0.6 is 0 Å². The number of aliphatic hydroxyl groups excluding tert-OH is 1. The summed E-state index contributed by atoms with van der Waals surface area (Å²) >= 11 is 0. The van der Waals surface area contributed by atoms with Crippen molar-refractivity contribution in [1.82, 2.24) is 4.90 Å². The number of ether oxygens (including phenoxy) is 1. The molecule has 1 N–H and O–H groups in total. The maximum absolute atomic E-state index is 13.3. The van der Waals surface area contributed by atoms with Gasteiger partial charge in [-0.15, -0.1) is 0 Å². The molecule has 0 radical (unpaired) electrons. The van der Waals surface area contributed by atoms with Gasteiger partial charge in [-0.05, 0) is 72.1 Å². The third kappa shape index (κ3) is 2.09. The molecule has 10 rings (SSSR count). The largest absolute Gasteiger partial charge is 0.458 e. The van der Waals surface area contributed by atoms with Crippen molar-refractivity contribution < 1.29 is 27.8 Å². The first-order chi connectivity index (χ1) is 16.5. The highest BCUT2D eigenvalue weighted by molar-refractivity contribution is 5.89. The van der Waals surface area contributed by atoms with Gasteiger partial charge in [0.05, 0.1) is 17.2 Å². The van der Waals surface area contributed by atoms with Crippen LogP contribution in [-0.4, -0.2) is 46.8 Å². The van der Waals surface area contributed by atoms with E-state index in [1.165, 1.54) is 18.6 Å². The fourth-order valence-electron chi connectivity index (χ4n) is 11.6. The monoisotopic (exact) mass is 485 g/mol. The first kappa shape index (κ1) is 21.2. The summed E-state index contributed by atoms with van der Waals surface area (Å²) in [6.45, 7) is 7.83. The quantitative estimate of drug-likeness (QED) is 0.488. The Morgan fingerprint density at radius 2 is 2.03 bits per heavy atom. The van der Waals surface area contributed by atoms with E-state index >= 15 is 0 Å². The summed E-state index contributed by atoms with van der Waals surface area (Å²) in [4.78, 5) is 16.1. The fraction of sp³-hybridized carbons (Fsp3) is 0.679. The van der Waals surface area contributed by atoms with E-state index in [1.807, 2.05) is 0 Å². The van der Waals surface area contributed by atoms with Crippen molar-refractivity contribution in [2.75, 3.05) is 6.54 Å². The number of aliphatic hydroxyl groups is 1. The maximum atomic E-state index is 13.3. The van der Waals surface area contributed by atoms with Gasteiger partial charge in [-0.3, -0.25) is 4.90 Å². The third-order valence-corrected chi connectivity index (χ3v) is 12.0. The van der Waals surface area contributed by atoms with Crippen molar-refractivity contribution in [2.45, 2.75) is 69.5 Å². The Kier molecular flexibility index (Phi) is 3.64. The minimum absolute atomic E-state index is 0.0219. The maximum Gasteiger partial charge on any atom is 0.416 e. The molecule has 4 nitrogen and oxygen atoms in total. The zero-order chi connectivity index (χ0) is 24.3. The van der Waals surface area contributed by atoms with Crippen molar-refractivity contribution >= 4 is 5.97 Å². The van der Waals surface area contributed by atoms with Gasteiger partial charge in [-0.25, -0.2) is 4.79 Å². The van der Waals surface area contributed by atoms with E-state index in [0.29, 0.717) is 23.9 Å². The number of hydrogen-bond acceptors (Lipinski definition) is 4. The number of piperidine rings is 2. The lowest BCUT2D eigenvalue weighted by molar-refractivity contribution is -0.213. The molecule has 0 amide bonds. The molecule has 9 fully saturated rings. The van der Waals surface area contributed by atoms with E-state index in [4.69, 9.17) is 4.74 Å². The summed E-state index contributed by atoms with van der Waals surface area (Å²) in [7, 11) is 0. The number of benzene rings is 1. The van der Waals surface area contributed by atoms with E-state index in [1.54, 1.807) is 0 Å². The van der Waals surface area contributed by atoms with E-state index in [0.717, 1.165) is 49.9 Å². The first-order valence-electron chi connectivity index (χ1n) is 13.0. The fourth-order valence-corrected chi connectivity index (χ4v) is 11.6.